The van der Waals surface area contributed by atoms with Crippen molar-refractivity contribution in [2.45, 2.75) is 25.0 Å². The molecule has 0 radical (unpaired) electrons. The maximum atomic E-state index is 12.5. The summed E-state index contributed by atoms with van der Waals surface area (Å²) in [6.07, 6.45) is 3.28. The number of carbonyl (C=O) groups is 1. The van der Waals surface area contributed by atoms with Crippen molar-refractivity contribution in [1.82, 2.24) is 25.3 Å². The van der Waals surface area contributed by atoms with Crippen molar-refractivity contribution in [3.63, 3.8) is 0 Å². The lowest BCUT2D eigenvalue weighted by Gasteiger charge is -2.25. The van der Waals surface area contributed by atoms with Gasteiger partial charge in [-0.15, -0.1) is 11.3 Å². The highest BCUT2D eigenvalue weighted by atomic mass is 35.5. The summed E-state index contributed by atoms with van der Waals surface area (Å²) in [5.74, 6) is 1.91. The lowest BCUT2D eigenvalue weighted by atomic mass is 10.2. The quantitative estimate of drug-likeness (QED) is 0.387. The third kappa shape index (κ3) is 5.61. The van der Waals surface area contributed by atoms with Crippen LogP contribution in [-0.4, -0.2) is 63.2 Å². The fourth-order valence-corrected chi connectivity index (χ4v) is 4.30. The van der Waals surface area contributed by atoms with E-state index in [0.29, 0.717) is 52.8 Å². The molecule has 0 spiro atoms. The van der Waals surface area contributed by atoms with E-state index in [1.807, 2.05) is 16.3 Å². The molecule has 0 aliphatic carbocycles. The molecule has 1 fully saturated rings. The molecule has 4 heterocycles. The van der Waals surface area contributed by atoms with Crippen molar-refractivity contribution in [2.75, 3.05) is 35.7 Å². The van der Waals surface area contributed by atoms with Gasteiger partial charge < -0.3 is 26.0 Å². The highest BCUT2D eigenvalue weighted by molar-refractivity contribution is 7.13. The molecule has 4 N–H and O–H groups in total. The summed E-state index contributed by atoms with van der Waals surface area (Å²) in [6, 6.07) is 5.27. The summed E-state index contributed by atoms with van der Waals surface area (Å²) in [4.78, 5) is 31.5. The van der Waals surface area contributed by atoms with Gasteiger partial charge in [0.05, 0.1) is 29.3 Å². The lowest BCUT2D eigenvalue weighted by molar-refractivity contribution is -0.120. The Morgan fingerprint density at radius 2 is 2.19 bits per heavy atom. The minimum Gasteiger partial charge on any atom is -0.391 e. The molecule has 1 aliphatic heterocycles. The Morgan fingerprint density at radius 1 is 1.31 bits per heavy atom. The topological polar surface area (TPSA) is 128 Å². The Bertz CT molecular complexity index is 1060. The van der Waals surface area contributed by atoms with E-state index in [9.17, 15) is 9.90 Å². The van der Waals surface area contributed by atoms with Gasteiger partial charge in [-0.25, -0.2) is 19.9 Å². The van der Waals surface area contributed by atoms with Crippen molar-refractivity contribution >= 4 is 51.4 Å². The Morgan fingerprint density at radius 3 is 2.97 bits per heavy atom. The van der Waals surface area contributed by atoms with Gasteiger partial charge in [-0.2, -0.15) is 0 Å². The van der Waals surface area contributed by atoms with Crippen LogP contribution in [0.1, 0.15) is 12.1 Å². The number of rotatable bonds is 8. The molecule has 0 unspecified atom stereocenters. The van der Waals surface area contributed by atoms with Gasteiger partial charge in [0.25, 0.3) is 0 Å². The number of β-amino-alcohol motifs (C(OH)–C–C–N with tert-alkyl or cyclic N) is 1. The van der Waals surface area contributed by atoms with Crippen LogP contribution in [0.2, 0.25) is 5.02 Å². The van der Waals surface area contributed by atoms with Crippen molar-refractivity contribution < 1.29 is 9.90 Å². The summed E-state index contributed by atoms with van der Waals surface area (Å²) in [7, 11) is 1.79. The number of amides is 1. The summed E-state index contributed by atoms with van der Waals surface area (Å²) in [6.45, 7) is 0.860. The summed E-state index contributed by atoms with van der Waals surface area (Å²) >= 11 is 7.24. The molecule has 0 aromatic carbocycles. The zero-order valence-corrected chi connectivity index (χ0v) is 18.9. The number of hydrogen-bond donors (Lipinski definition) is 4. The Balaban J connectivity index is 1.31. The first kappa shape index (κ1) is 22.2. The van der Waals surface area contributed by atoms with Gasteiger partial charge in [-0.1, -0.05) is 11.6 Å². The number of carbonyl (C=O) groups excluding carboxylic acids is 1. The third-order valence-corrected chi connectivity index (χ3v) is 6.02. The third-order valence-electron chi connectivity index (χ3n) is 4.99. The molecule has 10 nitrogen and oxygen atoms in total. The van der Waals surface area contributed by atoms with Gasteiger partial charge in [0, 0.05) is 37.8 Å². The zero-order chi connectivity index (χ0) is 22.5. The van der Waals surface area contributed by atoms with Crippen LogP contribution in [0.25, 0.3) is 0 Å². The molecule has 4 rings (SSSR count). The first-order valence-corrected chi connectivity index (χ1v) is 11.3. The van der Waals surface area contributed by atoms with E-state index in [1.54, 1.807) is 25.4 Å². The van der Waals surface area contributed by atoms with Gasteiger partial charge in [0.15, 0.2) is 5.13 Å². The van der Waals surface area contributed by atoms with E-state index in [0.717, 1.165) is 0 Å². The number of nitrogens with zero attached hydrogens (tertiary/aromatic N) is 5. The number of aromatic nitrogens is 4. The minimum absolute atomic E-state index is 0.0582. The Kier molecular flexibility index (Phi) is 6.98. The van der Waals surface area contributed by atoms with Crippen molar-refractivity contribution in [3.05, 3.63) is 46.8 Å². The number of halogens is 1. The van der Waals surface area contributed by atoms with Crippen LogP contribution >= 0.6 is 22.9 Å². The molecule has 2 atom stereocenters. The van der Waals surface area contributed by atoms with E-state index < -0.39 is 6.10 Å². The SMILES string of the molecule is CNc1cc(N2C[C@H](O)C[C@@H]2CNC(=O)Cc2csc(Nc3ccc(Cl)cn3)n2)ncn1. The summed E-state index contributed by atoms with van der Waals surface area (Å²) < 4.78 is 0. The van der Waals surface area contributed by atoms with Gasteiger partial charge >= 0.3 is 0 Å². The van der Waals surface area contributed by atoms with Crippen molar-refractivity contribution in [3.8, 4) is 0 Å². The zero-order valence-electron chi connectivity index (χ0n) is 17.3. The molecule has 1 saturated heterocycles. The molecule has 3 aromatic heterocycles. The monoisotopic (exact) mass is 474 g/mol. The number of aliphatic hydroxyl groups excluding tert-OH is 1. The molecule has 3 aromatic rings. The Hall–Kier alpha value is -3.02. The number of aliphatic hydroxyl groups is 1. The lowest BCUT2D eigenvalue weighted by Crippen LogP contribution is -2.41. The average Bonchev–Trinajstić information content (AvgIpc) is 3.39. The Labute approximate surface area is 194 Å². The van der Waals surface area contributed by atoms with Crippen LogP contribution in [-0.2, 0) is 11.2 Å². The molecule has 1 aliphatic rings. The van der Waals surface area contributed by atoms with E-state index in [4.69, 9.17) is 11.6 Å². The van der Waals surface area contributed by atoms with E-state index >= 15 is 0 Å². The largest absolute Gasteiger partial charge is 0.391 e. The van der Waals surface area contributed by atoms with Crippen molar-refractivity contribution in [1.29, 1.82) is 0 Å². The predicted octanol–water partition coefficient (Wildman–Crippen LogP) is 2.07. The van der Waals surface area contributed by atoms with Crippen LogP contribution < -0.4 is 20.9 Å². The molecular weight excluding hydrogens is 452 g/mol. The molecule has 0 saturated carbocycles. The number of thiazole rings is 1. The maximum Gasteiger partial charge on any atom is 0.226 e. The number of hydrogen-bond acceptors (Lipinski definition) is 10. The standard InChI is InChI=1S/C20H23ClN8O2S/c1-22-17-6-18(26-11-25-17)29-9-15(30)5-14(29)8-24-19(31)4-13-10-32-20(27-13)28-16-3-2-12(21)7-23-16/h2-3,6-7,10-11,14-15,30H,4-5,8-9H2,1H3,(H,24,31)(H,22,25,26)(H,23,27,28)/t14-,15-/m1/s1. The maximum absolute atomic E-state index is 12.5. The molecule has 1 amide bonds. The van der Waals surface area contributed by atoms with Crippen LogP contribution in [0, 0.1) is 0 Å². The smallest absolute Gasteiger partial charge is 0.226 e. The first-order chi connectivity index (χ1) is 15.5. The number of pyridine rings is 1. The van der Waals surface area contributed by atoms with Crippen molar-refractivity contribution in [2.24, 2.45) is 0 Å². The van der Waals surface area contributed by atoms with Crippen LogP contribution in [0.5, 0.6) is 0 Å². The van der Waals surface area contributed by atoms with Gasteiger partial charge in [-0.05, 0) is 18.6 Å². The normalized spacial score (nSPS) is 17.9. The fourth-order valence-electron chi connectivity index (χ4n) is 3.47. The van der Waals surface area contributed by atoms with Gasteiger partial charge in [0.2, 0.25) is 5.91 Å². The summed E-state index contributed by atoms with van der Waals surface area (Å²) in [5.41, 5.74) is 0.668. The molecule has 0 bridgehead atoms. The molecular formula is C20H23ClN8O2S. The molecule has 168 valence electrons. The molecule has 32 heavy (non-hydrogen) atoms. The minimum atomic E-state index is -0.474. The van der Waals surface area contributed by atoms with Crippen LogP contribution in [0.4, 0.5) is 22.6 Å². The highest BCUT2D eigenvalue weighted by Crippen LogP contribution is 2.25. The second-order valence-electron chi connectivity index (χ2n) is 7.32. The highest BCUT2D eigenvalue weighted by Gasteiger charge is 2.32. The van der Waals surface area contributed by atoms with E-state index in [2.05, 4.69) is 35.9 Å². The second kappa shape index (κ2) is 10.1. The number of anilines is 4. The second-order valence-corrected chi connectivity index (χ2v) is 8.61. The number of nitrogens with one attached hydrogen (secondary N) is 3. The van der Waals surface area contributed by atoms with E-state index in [1.165, 1.54) is 17.7 Å². The van der Waals surface area contributed by atoms with Crippen LogP contribution in [0.15, 0.2) is 36.1 Å². The van der Waals surface area contributed by atoms with Gasteiger partial charge in [0.1, 0.15) is 23.8 Å². The average molecular weight is 475 g/mol. The molecule has 12 heteroatoms. The fraction of sp³-hybridized carbons (Fsp3) is 0.350. The van der Waals surface area contributed by atoms with E-state index in [-0.39, 0.29) is 18.4 Å². The predicted molar refractivity (Wildman–Crippen MR) is 125 cm³/mol. The van der Waals surface area contributed by atoms with Crippen LogP contribution in [0.3, 0.4) is 0 Å². The first-order valence-electron chi connectivity index (χ1n) is 10.0. The van der Waals surface area contributed by atoms with Gasteiger partial charge in [-0.3, -0.25) is 4.79 Å². The summed E-state index contributed by atoms with van der Waals surface area (Å²) in [5, 5.41) is 22.2.